The van der Waals surface area contributed by atoms with Crippen LogP contribution in [-0.4, -0.2) is 5.78 Å². The van der Waals surface area contributed by atoms with Crippen molar-refractivity contribution in [1.82, 2.24) is 0 Å². The maximum Gasteiger partial charge on any atom is 0.166 e. The highest BCUT2D eigenvalue weighted by Gasteiger charge is 2.10. The number of benzene rings is 1. The molecule has 0 amide bonds. The molecule has 0 bridgehead atoms. The van der Waals surface area contributed by atoms with Crippen LogP contribution in [0.3, 0.4) is 0 Å². The Morgan fingerprint density at radius 3 is 2.40 bits per heavy atom. The van der Waals surface area contributed by atoms with Crippen molar-refractivity contribution in [2.45, 2.75) is 0 Å². The van der Waals surface area contributed by atoms with Gasteiger partial charge in [0.2, 0.25) is 0 Å². The summed E-state index contributed by atoms with van der Waals surface area (Å²) in [4.78, 5) is 11.6. The van der Waals surface area contributed by atoms with Gasteiger partial charge in [-0.25, -0.2) is 0 Å². The van der Waals surface area contributed by atoms with Crippen molar-refractivity contribution in [3.63, 3.8) is 0 Å². The van der Waals surface area contributed by atoms with E-state index in [1.54, 1.807) is 6.08 Å². The molecule has 0 fully saturated rings. The first-order valence-corrected chi connectivity index (χ1v) is 4.98. The van der Waals surface area contributed by atoms with Gasteiger partial charge >= 0.3 is 0 Å². The van der Waals surface area contributed by atoms with Gasteiger partial charge in [0, 0.05) is 0 Å². The molecule has 1 aromatic rings. The van der Waals surface area contributed by atoms with Crippen LogP contribution in [0.15, 0.2) is 60.7 Å². The molecule has 1 aliphatic rings. The van der Waals surface area contributed by atoms with E-state index in [1.165, 1.54) is 0 Å². The van der Waals surface area contributed by atoms with E-state index in [4.69, 9.17) is 0 Å². The maximum atomic E-state index is 11.6. The molecular weight excluding hydrogens is 184 g/mol. The minimum Gasteiger partial charge on any atom is -0.294 e. The summed E-state index contributed by atoms with van der Waals surface area (Å²) in [6.45, 7) is 0. The Balaban J connectivity index is 2.03. The number of hydrogen-bond acceptors (Lipinski definition) is 1. The molecule has 0 atom stereocenters. The summed E-state index contributed by atoms with van der Waals surface area (Å²) in [7, 11) is 0. The molecule has 0 saturated carbocycles. The Morgan fingerprint density at radius 1 is 1.07 bits per heavy atom. The zero-order valence-electron chi connectivity index (χ0n) is 8.34. The molecule has 15 heavy (non-hydrogen) atoms. The van der Waals surface area contributed by atoms with Crippen LogP contribution >= 0.6 is 0 Å². The Morgan fingerprint density at radius 2 is 1.73 bits per heavy atom. The minimum absolute atomic E-state index is 0.0648. The molecule has 1 heteroatoms. The van der Waals surface area contributed by atoms with Gasteiger partial charge in [-0.3, -0.25) is 4.79 Å². The fourth-order valence-electron chi connectivity index (χ4n) is 1.48. The largest absolute Gasteiger partial charge is 0.294 e. The second-order valence-electron chi connectivity index (χ2n) is 3.44. The van der Waals surface area contributed by atoms with E-state index in [1.807, 2.05) is 60.7 Å². The summed E-state index contributed by atoms with van der Waals surface area (Å²) in [6, 6.07) is 9.83. The summed E-state index contributed by atoms with van der Waals surface area (Å²) < 4.78 is 0. The first-order chi connectivity index (χ1) is 7.36. The number of ketones is 1. The number of carbonyl (C=O) groups excluding carboxylic acids is 1. The van der Waals surface area contributed by atoms with Gasteiger partial charge in [0.1, 0.15) is 0 Å². The molecule has 0 aromatic heterocycles. The van der Waals surface area contributed by atoms with Gasteiger partial charge in [0.05, 0.1) is 5.92 Å². The fourth-order valence-corrected chi connectivity index (χ4v) is 1.48. The first-order valence-electron chi connectivity index (χ1n) is 4.98. The lowest BCUT2D eigenvalue weighted by Crippen LogP contribution is -2.03. The average molecular weight is 196 g/mol. The Bertz CT molecular complexity index is 412. The van der Waals surface area contributed by atoms with Crippen molar-refractivity contribution >= 4 is 11.9 Å². The third kappa shape index (κ3) is 2.53. The van der Waals surface area contributed by atoms with Crippen molar-refractivity contribution in [3.8, 4) is 0 Å². The van der Waals surface area contributed by atoms with Crippen LogP contribution in [0.1, 0.15) is 5.56 Å². The fraction of sp³-hybridized carbons (Fsp3) is 0.0714. The molecule has 1 aliphatic carbocycles. The number of carbonyl (C=O) groups is 1. The third-order valence-corrected chi connectivity index (χ3v) is 2.32. The lowest BCUT2D eigenvalue weighted by molar-refractivity contribution is -0.115. The average Bonchev–Trinajstić information content (AvgIpc) is 2.81. The standard InChI is InChI=1S/C14H12O/c15-14(13-8-4-5-9-13)11-10-12-6-2-1-3-7-12/h1-11,13H. The van der Waals surface area contributed by atoms with E-state index in [0.29, 0.717) is 0 Å². The molecular formula is C14H12O. The lowest BCUT2D eigenvalue weighted by atomic mass is 10.1. The van der Waals surface area contributed by atoms with Gasteiger partial charge in [-0.2, -0.15) is 0 Å². The smallest absolute Gasteiger partial charge is 0.166 e. The highest BCUT2D eigenvalue weighted by molar-refractivity contribution is 5.98. The summed E-state index contributed by atoms with van der Waals surface area (Å²) in [6.07, 6.45) is 11.1. The molecule has 2 rings (SSSR count). The van der Waals surface area contributed by atoms with Crippen LogP contribution in [0.4, 0.5) is 0 Å². The second-order valence-corrected chi connectivity index (χ2v) is 3.44. The predicted octanol–water partition coefficient (Wildman–Crippen LogP) is 3.01. The number of rotatable bonds is 3. The molecule has 0 N–H and O–H groups in total. The molecule has 0 saturated heterocycles. The molecule has 0 spiro atoms. The van der Waals surface area contributed by atoms with Crippen LogP contribution in [-0.2, 0) is 4.79 Å². The molecule has 0 radical (unpaired) electrons. The quantitative estimate of drug-likeness (QED) is 0.679. The van der Waals surface area contributed by atoms with E-state index in [0.717, 1.165) is 5.56 Å². The van der Waals surface area contributed by atoms with Crippen molar-refractivity contribution < 1.29 is 4.79 Å². The lowest BCUT2D eigenvalue weighted by Gasteiger charge is -1.98. The molecule has 74 valence electrons. The topological polar surface area (TPSA) is 17.1 Å². The first kappa shape index (κ1) is 9.66. The number of hydrogen-bond donors (Lipinski definition) is 0. The SMILES string of the molecule is O=C(C=Cc1ccccc1)C1C=CC=C1. The van der Waals surface area contributed by atoms with Gasteiger partial charge in [-0.15, -0.1) is 0 Å². The zero-order chi connectivity index (χ0) is 10.5. The van der Waals surface area contributed by atoms with Crippen LogP contribution < -0.4 is 0 Å². The third-order valence-electron chi connectivity index (χ3n) is 2.32. The monoisotopic (exact) mass is 196 g/mol. The number of allylic oxidation sites excluding steroid dienone is 5. The van der Waals surface area contributed by atoms with Crippen LogP contribution in [0.2, 0.25) is 0 Å². The van der Waals surface area contributed by atoms with Gasteiger partial charge in [-0.1, -0.05) is 60.7 Å². The van der Waals surface area contributed by atoms with Gasteiger partial charge < -0.3 is 0 Å². The van der Waals surface area contributed by atoms with E-state index in [-0.39, 0.29) is 11.7 Å². The van der Waals surface area contributed by atoms with E-state index in [9.17, 15) is 4.79 Å². The summed E-state index contributed by atoms with van der Waals surface area (Å²) in [5.74, 6) is 0.0637. The van der Waals surface area contributed by atoms with Gasteiger partial charge in [0.15, 0.2) is 5.78 Å². The molecule has 0 heterocycles. The molecule has 1 nitrogen and oxygen atoms in total. The van der Waals surface area contributed by atoms with Crippen molar-refractivity contribution in [2.75, 3.05) is 0 Å². The highest BCUT2D eigenvalue weighted by atomic mass is 16.1. The molecule has 0 aliphatic heterocycles. The van der Waals surface area contributed by atoms with Crippen LogP contribution in [0.5, 0.6) is 0 Å². The van der Waals surface area contributed by atoms with E-state index < -0.39 is 0 Å². The van der Waals surface area contributed by atoms with Crippen molar-refractivity contribution in [3.05, 3.63) is 66.3 Å². The second kappa shape index (κ2) is 4.56. The highest BCUT2D eigenvalue weighted by Crippen LogP contribution is 2.11. The summed E-state index contributed by atoms with van der Waals surface area (Å²) in [5.41, 5.74) is 1.05. The summed E-state index contributed by atoms with van der Waals surface area (Å²) in [5, 5.41) is 0. The molecule has 0 unspecified atom stereocenters. The Kier molecular flexibility index (Phi) is 2.93. The Hall–Kier alpha value is -1.89. The molecule has 1 aromatic carbocycles. The van der Waals surface area contributed by atoms with Crippen molar-refractivity contribution in [1.29, 1.82) is 0 Å². The van der Waals surface area contributed by atoms with Crippen LogP contribution in [0, 0.1) is 5.92 Å². The van der Waals surface area contributed by atoms with E-state index >= 15 is 0 Å². The van der Waals surface area contributed by atoms with Crippen LogP contribution in [0.25, 0.3) is 6.08 Å². The van der Waals surface area contributed by atoms with E-state index in [2.05, 4.69) is 0 Å². The predicted molar refractivity (Wildman–Crippen MR) is 62.3 cm³/mol. The maximum absolute atomic E-state index is 11.6. The van der Waals surface area contributed by atoms with Gasteiger partial charge in [-0.05, 0) is 11.6 Å². The Labute approximate surface area is 89.4 Å². The summed E-state index contributed by atoms with van der Waals surface area (Å²) >= 11 is 0. The van der Waals surface area contributed by atoms with Crippen molar-refractivity contribution in [2.24, 2.45) is 5.92 Å². The normalized spacial score (nSPS) is 15.2. The van der Waals surface area contributed by atoms with Gasteiger partial charge in [0.25, 0.3) is 0 Å². The zero-order valence-corrected chi connectivity index (χ0v) is 8.34. The minimum atomic E-state index is -0.0648.